The lowest BCUT2D eigenvalue weighted by molar-refractivity contribution is -0.131. The van der Waals surface area contributed by atoms with E-state index in [4.69, 9.17) is 4.74 Å². The summed E-state index contributed by atoms with van der Waals surface area (Å²) in [6.07, 6.45) is 2.21. The number of amides is 3. The fraction of sp³-hybridized carbons (Fsp3) is 0.440. The van der Waals surface area contributed by atoms with E-state index in [-0.39, 0.29) is 11.9 Å². The highest BCUT2D eigenvalue weighted by Crippen LogP contribution is 2.27. The number of hydrogen-bond donors (Lipinski definition) is 1. The Morgan fingerprint density at radius 2 is 1.62 bits per heavy atom. The first-order chi connectivity index (χ1) is 15.6. The normalized spacial score (nSPS) is 16.8. The second-order valence-corrected chi connectivity index (χ2v) is 8.56. The van der Waals surface area contributed by atoms with E-state index in [1.807, 2.05) is 60.4 Å². The van der Waals surface area contributed by atoms with Crippen molar-refractivity contribution in [2.24, 2.45) is 0 Å². The van der Waals surface area contributed by atoms with Gasteiger partial charge in [-0.1, -0.05) is 36.4 Å². The van der Waals surface area contributed by atoms with Crippen LogP contribution in [0.1, 0.15) is 24.0 Å². The van der Waals surface area contributed by atoms with E-state index in [0.717, 1.165) is 37.1 Å². The van der Waals surface area contributed by atoms with Crippen molar-refractivity contribution < 1.29 is 14.3 Å². The lowest BCUT2D eigenvalue weighted by Crippen LogP contribution is -2.52. The van der Waals surface area contributed by atoms with E-state index < -0.39 is 0 Å². The Labute approximate surface area is 189 Å². The molecule has 2 heterocycles. The molecule has 0 aromatic heterocycles. The highest BCUT2D eigenvalue weighted by Gasteiger charge is 2.25. The Morgan fingerprint density at radius 3 is 2.34 bits per heavy atom. The number of benzene rings is 2. The van der Waals surface area contributed by atoms with Crippen LogP contribution in [0.3, 0.4) is 0 Å². The van der Waals surface area contributed by atoms with Crippen molar-refractivity contribution in [3.05, 3.63) is 59.7 Å². The van der Waals surface area contributed by atoms with Gasteiger partial charge in [0.05, 0.1) is 12.2 Å². The summed E-state index contributed by atoms with van der Waals surface area (Å²) < 4.78 is 6.02. The average molecular weight is 437 g/mol. The van der Waals surface area contributed by atoms with Crippen LogP contribution in [-0.4, -0.2) is 72.5 Å². The number of nitrogens with one attached hydrogen (secondary N) is 1. The Kier molecular flexibility index (Phi) is 7.27. The zero-order chi connectivity index (χ0) is 22.3. The molecule has 2 saturated heterocycles. The van der Waals surface area contributed by atoms with Crippen LogP contribution in [0.2, 0.25) is 0 Å². The van der Waals surface area contributed by atoms with Gasteiger partial charge < -0.3 is 19.9 Å². The highest BCUT2D eigenvalue weighted by molar-refractivity contribution is 5.91. The first-order valence-corrected chi connectivity index (χ1v) is 11.4. The Balaban J connectivity index is 1.29. The molecule has 2 aromatic rings. The SMILES string of the molecule is Cc1ccc(NC(=O)N2CCN(CC(=O)N3CCCC3)CC2)c(OCc2ccccc2)c1. The minimum absolute atomic E-state index is 0.135. The van der Waals surface area contributed by atoms with Crippen LogP contribution in [0.4, 0.5) is 10.5 Å². The summed E-state index contributed by atoms with van der Waals surface area (Å²) in [5.41, 5.74) is 2.82. The van der Waals surface area contributed by atoms with E-state index in [2.05, 4.69) is 10.2 Å². The summed E-state index contributed by atoms with van der Waals surface area (Å²) in [4.78, 5) is 31.2. The molecular formula is C25H32N4O3. The average Bonchev–Trinajstić information content (AvgIpc) is 3.35. The molecule has 0 radical (unpaired) electrons. The predicted molar refractivity (Wildman–Crippen MR) is 125 cm³/mol. The molecule has 0 aliphatic carbocycles. The third-order valence-corrected chi connectivity index (χ3v) is 6.09. The zero-order valence-corrected chi connectivity index (χ0v) is 18.8. The van der Waals surface area contributed by atoms with Crippen LogP contribution in [0.25, 0.3) is 0 Å². The zero-order valence-electron chi connectivity index (χ0n) is 18.8. The number of rotatable bonds is 6. The van der Waals surface area contributed by atoms with E-state index in [9.17, 15) is 9.59 Å². The number of ether oxygens (including phenoxy) is 1. The number of carbonyl (C=O) groups excluding carboxylic acids is 2. The largest absolute Gasteiger partial charge is 0.487 e. The minimum atomic E-state index is -0.135. The van der Waals surface area contributed by atoms with Gasteiger partial charge in [-0.3, -0.25) is 9.69 Å². The van der Waals surface area contributed by atoms with Crippen LogP contribution in [0.5, 0.6) is 5.75 Å². The summed E-state index contributed by atoms with van der Waals surface area (Å²) in [5.74, 6) is 0.873. The molecule has 2 fully saturated rings. The molecule has 4 rings (SSSR count). The molecule has 0 bridgehead atoms. The summed E-state index contributed by atoms with van der Waals surface area (Å²) >= 11 is 0. The van der Waals surface area contributed by atoms with E-state index in [1.165, 1.54) is 0 Å². The first kappa shape index (κ1) is 22.1. The topological polar surface area (TPSA) is 65.1 Å². The standard InChI is InChI=1S/C25H32N4O3/c1-20-9-10-22(23(17-20)32-19-21-7-3-2-4-8-21)26-25(31)29-15-13-27(14-16-29)18-24(30)28-11-5-6-12-28/h2-4,7-10,17H,5-6,11-16,18-19H2,1H3,(H,26,31). The molecule has 0 unspecified atom stereocenters. The van der Waals surface area contributed by atoms with E-state index in [0.29, 0.717) is 50.8 Å². The minimum Gasteiger partial charge on any atom is -0.487 e. The van der Waals surface area contributed by atoms with Crippen LogP contribution in [-0.2, 0) is 11.4 Å². The number of likely N-dealkylation sites (tertiary alicyclic amines) is 1. The Bertz CT molecular complexity index is 920. The maximum absolute atomic E-state index is 12.9. The molecule has 0 spiro atoms. The fourth-order valence-corrected chi connectivity index (χ4v) is 4.15. The van der Waals surface area contributed by atoms with Crippen LogP contribution in [0, 0.1) is 6.92 Å². The summed E-state index contributed by atoms with van der Waals surface area (Å²) in [7, 11) is 0. The fourth-order valence-electron chi connectivity index (χ4n) is 4.15. The number of carbonyl (C=O) groups is 2. The van der Waals surface area contributed by atoms with Crippen molar-refractivity contribution in [3.63, 3.8) is 0 Å². The Morgan fingerprint density at radius 1 is 0.906 bits per heavy atom. The number of aryl methyl sites for hydroxylation is 1. The second kappa shape index (κ2) is 10.5. The molecule has 1 N–H and O–H groups in total. The van der Waals surface area contributed by atoms with Crippen molar-refractivity contribution in [1.82, 2.24) is 14.7 Å². The molecular weight excluding hydrogens is 404 g/mol. The first-order valence-electron chi connectivity index (χ1n) is 11.4. The molecule has 7 heteroatoms. The quantitative estimate of drug-likeness (QED) is 0.754. The van der Waals surface area contributed by atoms with Crippen molar-refractivity contribution >= 4 is 17.6 Å². The third kappa shape index (κ3) is 5.79. The van der Waals surface area contributed by atoms with Crippen LogP contribution < -0.4 is 10.1 Å². The lowest BCUT2D eigenvalue weighted by atomic mass is 10.2. The van der Waals surface area contributed by atoms with Gasteiger partial charge in [-0.25, -0.2) is 4.79 Å². The number of nitrogens with zero attached hydrogens (tertiary/aromatic N) is 3. The molecule has 32 heavy (non-hydrogen) atoms. The molecule has 7 nitrogen and oxygen atoms in total. The van der Waals surface area contributed by atoms with Crippen LogP contribution in [0.15, 0.2) is 48.5 Å². The number of urea groups is 1. The molecule has 0 atom stereocenters. The lowest BCUT2D eigenvalue weighted by Gasteiger charge is -2.35. The van der Waals surface area contributed by atoms with Crippen molar-refractivity contribution in [1.29, 1.82) is 0 Å². The molecule has 0 saturated carbocycles. The number of anilines is 1. The monoisotopic (exact) mass is 436 g/mol. The van der Waals surface area contributed by atoms with E-state index in [1.54, 1.807) is 4.90 Å². The number of hydrogen-bond acceptors (Lipinski definition) is 4. The summed E-state index contributed by atoms with van der Waals surface area (Å²) in [6, 6.07) is 15.6. The van der Waals surface area contributed by atoms with Gasteiger partial charge in [-0.2, -0.15) is 0 Å². The van der Waals surface area contributed by atoms with E-state index >= 15 is 0 Å². The van der Waals surface area contributed by atoms with Crippen molar-refractivity contribution in [3.8, 4) is 5.75 Å². The number of piperazine rings is 1. The molecule has 2 aromatic carbocycles. The van der Waals surface area contributed by atoms with Gasteiger partial charge in [0.2, 0.25) is 5.91 Å². The predicted octanol–water partition coefficient (Wildman–Crippen LogP) is 3.35. The van der Waals surface area contributed by atoms with Gasteiger partial charge in [-0.15, -0.1) is 0 Å². The van der Waals surface area contributed by atoms with Gasteiger partial charge in [0.1, 0.15) is 12.4 Å². The smallest absolute Gasteiger partial charge is 0.322 e. The molecule has 2 aliphatic heterocycles. The molecule has 2 aliphatic rings. The Hall–Kier alpha value is -3.06. The van der Waals surface area contributed by atoms with Gasteiger partial charge in [0.15, 0.2) is 0 Å². The summed E-state index contributed by atoms with van der Waals surface area (Å²) in [6.45, 7) is 7.27. The highest BCUT2D eigenvalue weighted by atomic mass is 16.5. The van der Waals surface area contributed by atoms with Crippen molar-refractivity contribution in [2.45, 2.75) is 26.4 Å². The molecule has 3 amide bonds. The van der Waals surface area contributed by atoms with Crippen molar-refractivity contribution in [2.75, 3.05) is 51.1 Å². The van der Waals surface area contributed by atoms with Gasteiger partial charge in [-0.05, 0) is 43.0 Å². The maximum atomic E-state index is 12.9. The maximum Gasteiger partial charge on any atom is 0.322 e. The molecule has 170 valence electrons. The second-order valence-electron chi connectivity index (χ2n) is 8.56. The summed E-state index contributed by atoms with van der Waals surface area (Å²) in [5, 5.41) is 3.01. The van der Waals surface area contributed by atoms with Gasteiger partial charge >= 0.3 is 6.03 Å². The third-order valence-electron chi connectivity index (χ3n) is 6.09. The van der Waals surface area contributed by atoms with Gasteiger partial charge in [0, 0.05) is 39.3 Å². The van der Waals surface area contributed by atoms with Crippen LogP contribution >= 0.6 is 0 Å². The van der Waals surface area contributed by atoms with Gasteiger partial charge in [0.25, 0.3) is 0 Å².